The van der Waals surface area contributed by atoms with Gasteiger partial charge in [-0.3, -0.25) is 9.88 Å². The van der Waals surface area contributed by atoms with Crippen LogP contribution in [0.3, 0.4) is 0 Å². The van der Waals surface area contributed by atoms with Crippen LogP contribution in [0.1, 0.15) is 25.1 Å². The molecule has 1 aromatic heterocycles. The van der Waals surface area contributed by atoms with Gasteiger partial charge in [0, 0.05) is 25.8 Å². The third kappa shape index (κ3) is 1.89. The molecular formula is C11H16N2. The van der Waals surface area contributed by atoms with E-state index in [9.17, 15) is 0 Å². The van der Waals surface area contributed by atoms with Crippen molar-refractivity contribution in [1.29, 1.82) is 0 Å². The molecule has 0 bridgehead atoms. The Balaban J connectivity index is 2.05. The van der Waals surface area contributed by atoms with Crippen molar-refractivity contribution in [2.24, 2.45) is 5.92 Å². The van der Waals surface area contributed by atoms with Crippen molar-refractivity contribution < 1.29 is 0 Å². The van der Waals surface area contributed by atoms with Gasteiger partial charge in [-0.2, -0.15) is 0 Å². The van der Waals surface area contributed by atoms with Crippen LogP contribution in [-0.4, -0.2) is 16.4 Å². The first-order valence-corrected chi connectivity index (χ1v) is 4.91. The van der Waals surface area contributed by atoms with Crippen LogP contribution in [0.25, 0.3) is 0 Å². The molecule has 70 valence electrons. The highest BCUT2D eigenvalue weighted by Crippen LogP contribution is 2.20. The zero-order valence-electron chi connectivity index (χ0n) is 8.33. The molecule has 0 aliphatic carbocycles. The smallest absolute Gasteiger partial charge is 0.0589 e. The number of hydrogen-bond donors (Lipinski definition) is 0. The molecule has 1 aliphatic heterocycles. The van der Waals surface area contributed by atoms with E-state index in [4.69, 9.17) is 0 Å². The summed E-state index contributed by atoms with van der Waals surface area (Å²) in [4.78, 5) is 6.84. The summed E-state index contributed by atoms with van der Waals surface area (Å²) >= 11 is 0. The lowest BCUT2D eigenvalue weighted by molar-refractivity contribution is 0.250. The van der Waals surface area contributed by atoms with Gasteiger partial charge in [0.1, 0.15) is 0 Å². The summed E-state index contributed by atoms with van der Waals surface area (Å²) in [5.41, 5.74) is 2.67. The fraction of sp³-hybridized carbons (Fsp3) is 0.545. The number of hydrogen-bond acceptors (Lipinski definition) is 2. The highest BCUT2D eigenvalue weighted by atomic mass is 15.2. The zero-order valence-corrected chi connectivity index (χ0v) is 8.33. The predicted octanol–water partition coefficient (Wildman–Crippen LogP) is 2.05. The van der Waals surface area contributed by atoms with Crippen LogP contribution >= 0.6 is 0 Å². The topological polar surface area (TPSA) is 16.1 Å². The standard InChI is InChI=1S/C11H16N2/c1-9(2)6-13-7-10-4-3-5-12-11(10)8-13/h3-5,9H,6-8H2,1-2H3. The van der Waals surface area contributed by atoms with Crippen LogP contribution in [0, 0.1) is 5.92 Å². The maximum atomic E-state index is 4.38. The average Bonchev–Trinajstić information content (AvgIpc) is 2.44. The maximum absolute atomic E-state index is 4.38. The lowest BCUT2D eigenvalue weighted by Crippen LogP contribution is -2.21. The SMILES string of the molecule is CC(C)CN1Cc2cccnc2C1. The van der Waals surface area contributed by atoms with Crippen molar-refractivity contribution in [3.63, 3.8) is 0 Å². The van der Waals surface area contributed by atoms with Gasteiger partial charge in [0.15, 0.2) is 0 Å². The van der Waals surface area contributed by atoms with Gasteiger partial charge in [0.2, 0.25) is 0 Å². The van der Waals surface area contributed by atoms with E-state index in [0.29, 0.717) is 0 Å². The first-order valence-electron chi connectivity index (χ1n) is 4.91. The van der Waals surface area contributed by atoms with Crippen LogP contribution in [0.2, 0.25) is 0 Å². The van der Waals surface area contributed by atoms with Crippen molar-refractivity contribution in [1.82, 2.24) is 9.88 Å². The van der Waals surface area contributed by atoms with Crippen molar-refractivity contribution in [3.05, 3.63) is 29.6 Å². The van der Waals surface area contributed by atoms with E-state index in [1.165, 1.54) is 17.8 Å². The van der Waals surface area contributed by atoms with Gasteiger partial charge in [-0.1, -0.05) is 19.9 Å². The predicted molar refractivity (Wildman–Crippen MR) is 53.2 cm³/mol. The normalized spacial score (nSPS) is 16.5. The van der Waals surface area contributed by atoms with E-state index >= 15 is 0 Å². The zero-order chi connectivity index (χ0) is 9.26. The summed E-state index contributed by atoms with van der Waals surface area (Å²) in [5, 5.41) is 0. The number of pyridine rings is 1. The molecule has 0 amide bonds. The summed E-state index contributed by atoms with van der Waals surface area (Å²) < 4.78 is 0. The minimum Gasteiger partial charge on any atom is -0.293 e. The van der Waals surface area contributed by atoms with Crippen molar-refractivity contribution in [2.75, 3.05) is 6.54 Å². The molecule has 0 spiro atoms. The molecular weight excluding hydrogens is 160 g/mol. The van der Waals surface area contributed by atoms with E-state index < -0.39 is 0 Å². The van der Waals surface area contributed by atoms with Crippen LogP contribution in [0.15, 0.2) is 18.3 Å². The summed E-state index contributed by atoms with van der Waals surface area (Å²) in [5.74, 6) is 0.745. The van der Waals surface area contributed by atoms with Crippen LogP contribution in [-0.2, 0) is 13.1 Å². The summed E-state index contributed by atoms with van der Waals surface area (Å²) in [6.45, 7) is 7.82. The second-order valence-electron chi connectivity index (χ2n) is 4.17. The molecule has 0 atom stereocenters. The fourth-order valence-electron chi connectivity index (χ4n) is 1.91. The Morgan fingerprint density at radius 2 is 2.31 bits per heavy atom. The van der Waals surface area contributed by atoms with Gasteiger partial charge in [-0.15, -0.1) is 0 Å². The lowest BCUT2D eigenvalue weighted by Gasteiger charge is -2.16. The highest BCUT2D eigenvalue weighted by molar-refractivity contribution is 5.23. The number of rotatable bonds is 2. The second-order valence-corrected chi connectivity index (χ2v) is 4.17. The van der Waals surface area contributed by atoms with E-state index in [1.807, 2.05) is 12.3 Å². The van der Waals surface area contributed by atoms with Crippen LogP contribution in [0.4, 0.5) is 0 Å². The van der Waals surface area contributed by atoms with Gasteiger partial charge in [-0.05, 0) is 17.5 Å². The molecule has 0 aromatic carbocycles. The monoisotopic (exact) mass is 176 g/mol. The summed E-state index contributed by atoms with van der Waals surface area (Å²) in [7, 11) is 0. The van der Waals surface area contributed by atoms with Gasteiger partial charge in [-0.25, -0.2) is 0 Å². The number of nitrogens with zero attached hydrogens (tertiary/aromatic N) is 2. The molecule has 0 fully saturated rings. The average molecular weight is 176 g/mol. The molecule has 1 aromatic rings. The van der Waals surface area contributed by atoms with Gasteiger partial charge < -0.3 is 0 Å². The van der Waals surface area contributed by atoms with E-state index in [2.05, 4.69) is 29.8 Å². The fourth-order valence-corrected chi connectivity index (χ4v) is 1.91. The molecule has 2 heterocycles. The molecule has 2 nitrogen and oxygen atoms in total. The van der Waals surface area contributed by atoms with Gasteiger partial charge >= 0.3 is 0 Å². The lowest BCUT2D eigenvalue weighted by atomic mass is 10.2. The van der Waals surface area contributed by atoms with Crippen LogP contribution in [0.5, 0.6) is 0 Å². The first-order chi connectivity index (χ1) is 6.25. The molecule has 0 saturated heterocycles. The van der Waals surface area contributed by atoms with E-state index in [1.54, 1.807) is 0 Å². The highest BCUT2D eigenvalue weighted by Gasteiger charge is 2.19. The van der Waals surface area contributed by atoms with E-state index in [-0.39, 0.29) is 0 Å². The minimum absolute atomic E-state index is 0.745. The molecule has 2 rings (SSSR count). The summed E-state index contributed by atoms with van der Waals surface area (Å²) in [6, 6.07) is 4.21. The third-order valence-electron chi connectivity index (χ3n) is 2.38. The Morgan fingerprint density at radius 1 is 1.46 bits per heavy atom. The molecule has 2 heteroatoms. The molecule has 0 N–H and O–H groups in total. The largest absolute Gasteiger partial charge is 0.293 e. The van der Waals surface area contributed by atoms with Gasteiger partial charge in [0.25, 0.3) is 0 Å². The third-order valence-corrected chi connectivity index (χ3v) is 2.38. The Labute approximate surface area is 79.6 Å². The second kappa shape index (κ2) is 3.46. The van der Waals surface area contributed by atoms with Crippen molar-refractivity contribution in [3.8, 4) is 0 Å². The first kappa shape index (κ1) is 8.70. The number of fused-ring (bicyclic) bond motifs is 1. The molecule has 0 saturated carbocycles. The van der Waals surface area contributed by atoms with E-state index in [0.717, 1.165) is 19.0 Å². The summed E-state index contributed by atoms with van der Waals surface area (Å²) in [6.07, 6.45) is 1.89. The van der Waals surface area contributed by atoms with Gasteiger partial charge in [0.05, 0.1) is 5.69 Å². The molecule has 13 heavy (non-hydrogen) atoms. The molecule has 1 aliphatic rings. The quantitative estimate of drug-likeness (QED) is 0.685. The Bertz CT molecular complexity index is 269. The maximum Gasteiger partial charge on any atom is 0.0589 e. The minimum atomic E-state index is 0.745. The Kier molecular flexibility index (Phi) is 2.32. The van der Waals surface area contributed by atoms with Crippen molar-refractivity contribution in [2.45, 2.75) is 26.9 Å². The van der Waals surface area contributed by atoms with Crippen molar-refractivity contribution >= 4 is 0 Å². The molecule has 0 unspecified atom stereocenters. The number of aromatic nitrogens is 1. The molecule has 0 radical (unpaired) electrons. The van der Waals surface area contributed by atoms with Crippen LogP contribution < -0.4 is 0 Å². The Morgan fingerprint density at radius 3 is 3.00 bits per heavy atom. The Hall–Kier alpha value is -0.890.